The summed E-state index contributed by atoms with van der Waals surface area (Å²) in [6, 6.07) is 10.1. The standard InChI is InChI=1S/C37H54O4/c1-32(2)17-19-37(31(40)41-23-24-11-9-8-10-12-24)20-18-35(6)25(26(37)21-32)13-14-29-34(5)22-27(38)30(39)33(3,4)28(34)15-16-36(29,35)7/h8-12,27-30,38-39H,13-23H2,1-7H3/t27-,28?,29?,30+,34+,35-,36-,37+/m1/s1. The lowest BCUT2D eigenvalue weighted by Gasteiger charge is -2.71. The van der Waals surface area contributed by atoms with E-state index in [1.165, 1.54) is 5.57 Å². The van der Waals surface area contributed by atoms with E-state index in [2.05, 4.69) is 48.5 Å². The minimum atomic E-state index is -0.668. The fourth-order valence-corrected chi connectivity index (χ4v) is 11.6. The molecule has 226 valence electrons. The molecule has 5 aliphatic rings. The number of carbonyl (C=O) groups is 1. The number of benzene rings is 1. The first kappa shape index (κ1) is 29.4. The van der Waals surface area contributed by atoms with E-state index in [4.69, 9.17) is 4.74 Å². The van der Waals surface area contributed by atoms with Crippen LogP contribution in [-0.4, -0.2) is 28.4 Å². The maximum atomic E-state index is 14.1. The van der Waals surface area contributed by atoms with Gasteiger partial charge in [0.25, 0.3) is 0 Å². The van der Waals surface area contributed by atoms with Crippen molar-refractivity contribution in [1.82, 2.24) is 0 Å². The van der Waals surface area contributed by atoms with E-state index < -0.39 is 17.6 Å². The molecule has 0 amide bonds. The maximum Gasteiger partial charge on any atom is 0.316 e. The fourth-order valence-electron chi connectivity index (χ4n) is 11.6. The zero-order valence-electron chi connectivity index (χ0n) is 26.7. The van der Waals surface area contributed by atoms with Crippen molar-refractivity contribution >= 4 is 5.97 Å². The van der Waals surface area contributed by atoms with Crippen LogP contribution in [0.25, 0.3) is 0 Å². The molecule has 0 heterocycles. The van der Waals surface area contributed by atoms with Crippen LogP contribution in [-0.2, 0) is 16.1 Å². The predicted molar refractivity (Wildman–Crippen MR) is 163 cm³/mol. The Hall–Kier alpha value is -1.65. The largest absolute Gasteiger partial charge is 0.460 e. The second-order valence-corrected chi connectivity index (χ2v) is 16.9. The predicted octanol–water partition coefficient (Wildman–Crippen LogP) is 8.01. The molecule has 4 nitrogen and oxygen atoms in total. The molecule has 5 aliphatic carbocycles. The number of allylic oxidation sites excluding steroid dienone is 1. The number of ether oxygens (including phenoxy) is 1. The van der Waals surface area contributed by atoms with Crippen molar-refractivity contribution < 1.29 is 19.7 Å². The van der Waals surface area contributed by atoms with Crippen molar-refractivity contribution in [2.24, 2.45) is 44.3 Å². The highest BCUT2D eigenvalue weighted by molar-refractivity contribution is 5.82. The van der Waals surface area contributed by atoms with Gasteiger partial charge in [-0.25, -0.2) is 0 Å². The first-order valence-corrected chi connectivity index (χ1v) is 16.4. The molecule has 0 aliphatic heterocycles. The average Bonchev–Trinajstić information content (AvgIpc) is 2.91. The Morgan fingerprint density at radius 1 is 0.854 bits per heavy atom. The third-order valence-corrected chi connectivity index (χ3v) is 14.1. The summed E-state index contributed by atoms with van der Waals surface area (Å²) in [6.07, 6.45) is 8.56. The minimum Gasteiger partial charge on any atom is -0.460 e. The van der Waals surface area contributed by atoms with Crippen molar-refractivity contribution in [2.75, 3.05) is 0 Å². The topological polar surface area (TPSA) is 66.8 Å². The van der Waals surface area contributed by atoms with E-state index in [-0.39, 0.29) is 33.0 Å². The molecule has 1 aromatic carbocycles. The zero-order valence-corrected chi connectivity index (χ0v) is 26.7. The summed E-state index contributed by atoms with van der Waals surface area (Å²) in [7, 11) is 0. The Morgan fingerprint density at radius 3 is 2.24 bits per heavy atom. The van der Waals surface area contributed by atoms with Crippen LogP contribution in [0.5, 0.6) is 0 Å². The zero-order chi connectivity index (χ0) is 29.6. The Balaban J connectivity index is 1.39. The number of carbonyl (C=O) groups excluding carboxylic acids is 1. The van der Waals surface area contributed by atoms with Crippen molar-refractivity contribution in [3.8, 4) is 0 Å². The van der Waals surface area contributed by atoms with Gasteiger partial charge in [-0.2, -0.15) is 0 Å². The Morgan fingerprint density at radius 2 is 1.54 bits per heavy atom. The van der Waals surface area contributed by atoms with Crippen LogP contribution < -0.4 is 0 Å². The summed E-state index contributed by atoms with van der Waals surface area (Å²) in [6.45, 7) is 17.0. The molecular formula is C37H54O4. The molecule has 0 bridgehead atoms. The van der Waals surface area contributed by atoms with Crippen LogP contribution in [0.4, 0.5) is 0 Å². The molecule has 0 saturated heterocycles. The van der Waals surface area contributed by atoms with Gasteiger partial charge in [0.2, 0.25) is 0 Å². The van der Waals surface area contributed by atoms with Gasteiger partial charge in [-0.15, -0.1) is 0 Å². The summed E-state index contributed by atoms with van der Waals surface area (Å²) >= 11 is 0. The first-order chi connectivity index (χ1) is 19.1. The Labute approximate surface area is 248 Å². The highest BCUT2D eigenvalue weighted by Gasteiger charge is 2.69. The van der Waals surface area contributed by atoms with Crippen LogP contribution in [0.15, 0.2) is 41.5 Å². The van der Waals surface area contributed by atoms with Crippen molar-refractivity contribution in [3.05, 3.63) is 47.0 Å². The third-order valence-electron chi connectivity index (χ3n) is 14.1. The van der Waals surface area contributed by atoms with E-state index in [0.717, 1.165) is 63.4 Å². The Bertz CT molecular complexity index is 1230. The van der Waals surface area contributed by atoms with E-state index >= 15 is 0 Å². The first-order valence-electron chi connectivity index (χ1n) is 16.4. The molecule has 0 aromatic heterocycles. The Kier molecular flexibility index (Phi) is 6.76. The van der Waals surface area contributed by atoms with E-state index in [9.17, 15) is 15.0 Å². The SMILES string of the molecule is CC1(C)CC[C@]2(C(=O)OCc3ccccc3)CC[C@]3(C)C(=C2C1)CCC1[C@@]2(C)C[C@@H](O)[C@H](O)C(C)(C)C2CC[C@]13C. The van der Waals surface area contributed by atoms with Gasteiger partial charge in [-0.3, -0.25) is 4.79 Å². The number of hydrogen-bond acceptors (Lipinski definition) is 4. The molecule has 2 N–H and O–H groups in total. The maximum absolute atomic E-state index is 14.1. The molecule has 4 heteroatoms. The van der Waals surface area contributed by atoms with Gasteiger partial charge >= 0.3 is 5.97 Å². The third kappa shape index (κ3) is 4.09. The average molecular weight is 563 g/mol. The van der Waals surface area contributed by atoms with Crippen LogP contribution in [0.1, 0.15) is 118 Å². The normalized spacial score (nSPS) is 44.6. The van der Waals surface area contributed by atoms with E-state index in [0.29, 0.717) is 24.9 Å². The summed E-state index contributed by atoms with van der Waals surface area (Å²) in [4.78, 5) is 14.1. The van der Waals surface area contributed by atoms with E-state index in [1.54, 1.807) is 5.57 Å². The molecule has 41 heavy (non-hydrogen) atoms. The van der Waals surface area contributed by atoms with Gasteiger partial charge in [0.15, 0.2) is 0 Å². The monoisotopic (exact) mass is 562 g/mol. The number of rotatable bonds is 3. The summed E-state index contributed by atoms with van der Waals surface area (Å²) in [5, 5.41) is 22.1. The number of fused-ring (bicyclic) bond motifs is 6. The van der Waals surface area contributed by atoms with Gasteiger partial charge < -0.3 is 14.9 Å². The highest BCUT2D eigenvalue weighted by Crippen LogP contribution is 2.75. The molecule has 6 rings (SSSR count). The number of aliphatic hydroxyl groups excluding tert-OH is 2. The van der Waals surface area contributed by atoms with Crippen LogP contribution in [0.2, 0.25) is 0 Å². The molecule has 4 saturated carbocycles. The lowest BCUT2D eigenvalue weighted by Crippen LogP contribution is -2.66. The lowest BCUT2D eigenvalue weighted by atomic mass is 9.34. The van der Waals surface area contributed by atoms with Crippen molar-refractivity contribution in [1.29, 1.82) is 0 Å². The number of aliphatic hydroxyl groups is 2. The fraction of sp³-hybridized carbons (Fsp3) is 0.757. The van der Waals surface area contributed by atoms with Gasteiger partial charge in [-0.1, -0.05) is 89.9 Å². The lowest BCUT2D eigenvalue weighted by molar-refractivity contribution is -0.233. The minimum absolute atomic E-state index is 0.00418. The van der Waals surface area contributed by atoms with Crippen molar-refractivity contribution in [3.63, 3.8) is 0 Å². The van der Waals surface area contributed by atoms with Crippen LogP contribution in [0, 0.1) is 44.3 Å². The van der Waals surface area contributed by atoms with Crippen molar-refractivity contribution in [2.45, 2.75) is 131 Å². The van der Waals surface area contributed by atoms with Gasteiger partial charge in [0, 0.05) is 0 Å². The summed E-state index contributed by atoms with van der Waals surface area (Å²) in [5.74, 6) is 0.877. The molecule has 8 atom stereocenters. The van der Waals surface area contributed by atoms with Crippen LogP contribution in [0.3, 0.4) is 0 Å². The van der Waals surface area contributed by atoms with Gasteiger partial charge in [0.05, 0.1) is 17.6 Å². The second-order valence-electron chi connectivity index (χ2n) is 16.9. The second kappa shape index (κ2) is 9.42. The molecule has 2 unspecified atom stereocenters. The number of esters is 1. The molecular weight excluding hydrogens is 508 g/mol. The van der Waals surface area contributed by atoms with Gasteiger partial charge in [-0.05, 0) is 109 Å². The smallest absolute Gasteiger partial charge is 0.316 e. The van der Waals surface area contributed by atoms with E-state index in [1.807, 2.05) is 30.3 Å². The van der Waals surface area contributed by atoms with Gasteiger partial charge in [0.1, 0.15) is 6.61 Å². The molecule has 0 spiro atoms. The number of hydrogen-bond donors (Lipinski definition) is 2. The summed E-state index contributed by atoms with van der Waals surface area (Å²) < 4.78 is 6.15. The quantitative estimate of drug-likeness (QED) is 0.289. The summed E-state index contributed by atoms with van der Waals surface area (Å²) in [5.41, 5.74) is 3.55. The molecule has 0 radical (unpaired) electrons. The molecule has 4 fully saturated rings. The van der Waals surface area contributed by atoms with Crippen LogP contribution >= 0.6 is 0 Å². The molecule has 1 aromatic rings. The highest BCUT2D eigenvalue weighted by atomic mass is 16.5.